The number of carbonyl (C=O) groups is 1. The second-order valence-corrected chi connectivity index (χ2v) is 6.33. The zero-order valence-corrected chi connectivity index (χ0v) is 12.7. The van der Waals surface area contributed by atoms with Crippen molar-refractivity contribution in [3.8, 4) is 0 Å². The fourth-order valence-corrected chi connectivity index (χ4v) is 4.00. The van der Waals surface area contributed by atoms with Crippen LogP contribution >= 0.6 is 38.9 Å². The second-order valence-electron chi connectivity index (χ2n) is 4.25. The summed E-state index contributed by atoms with van der Waals surface area (Å²) in [7, 11) is 0. The highest BCUT2D eigenvalue weighted by atomic mass is 79.9. The number of amides is 1. The number of likely N-dealkylation sites (tertiary alicyclic amines) is 1. The Kier molecular flexibility index (Phi) is 4.88. The van der Waals surface area contributed by atoms with Crippen LogP contribution in [0.5, 0.6) is 0 Å². The van der Waals surface area contributed by atoms with Crippen molar-refractivity contribution < 1.29 is 4.79 Å². The molecular weight excluding hydrogens is 322 g/mol. The molecule has 17 heavy (non-hydrogen) atoms. The summed E-state index contributed by atoms with van der Waals surface area (Å²) in [6.45, 7) is 0.834. The van der Waals surface area contributed by atoms with E-state index in [1.165, 1.54) is 24.2 Å². The standard InChI is InChI=1S/C12H15BrClNOS/c13-10-5-7-17-11(10)12(16)15-6-3-1-2-4-9(15)8-14/h5,7,9H,1-4,6,8H2. The van der Waals surface area contributed by atoms with Crippen LogP contribution in [0, 0.1) is 0 Å². The average Bonchev–Trinajstić information content (AvgIpc) is 2.64. The van der Waals surface area contributed by atoms with Crippen molar-refractivity contribution in [1.29, 1.82) is 0 Å². The monoisotopic (exact) mass is 335 g/mol. The number of halogens is 2. The first-order valence-electron chi connectivity index (χ1n) is 5.84. The largest absolute Gasteiger partial charge is 0.334 e. The highest BCUT2D eigenvalue weighted by Gasteiger charge is 2.27. The number of hydrogen-bond acceptors (Lipinski definition) is 2. The molecule has 0 aliphatic carbocycles. The van der Waals surface area contributed by atoms with E-state index in [4.69, 9.17) is 11.6 Å². The third-order valence-corrected chi connectivity index (χ3v) is 5.31. The minimum Gasteiger partial charge on any atom is -0.334 e. The first-order chi connectivity index (χ1) is 8.24. The van der Waals surface area contributed by atoms with E-state index >= 15 is 0 Å². The predicted molar refractivity (Wildman–Crippen MR) is 76.0 cm³/mol. The van der Waals surface area contributed by atoms with Gasteiger partial charge in [0.2, 0.25) is 0 Å². The molecule has 1 fully saturated rings. The van der Waals surface area contributed by atoms with Crippen molar-refractivity contribution in [2.45, 2.75) is 31.7 Å². The van der Waals surface area contributed by atoms with E-state index in [-0.39, 0.29) is 11.9 Å². The molecule has 0 aromatic carbocycles. The van der Waals surface area contributed by atoms with E-state index in [9.17, 15) is 4.79 Å². The van der Waals surface area contributed by atoms with Crippen molar-refractivity contribution in [3.63, 3.8) is 0 Å². The second kappa shape index (κ2) is 6.21. The summed E-state index contributed by atoms with van der Waals surface area (Å²) in [5, 5.41) is 1.94. The van der Waals surface area contributed by atoms with Crippen LogP contribution in [0.1, 0.15) is 35.4 Å². The van der Waals surface area contributed by atoms with Crippen molar-refractivity contribution in [1.82, 2.24) is 4.90 Å². The molecule has 0 saturated carbocycles. The van der Waals surface area contributed by atoms with Gasteiger partial charge in [0.15, 0.2) is 0 Å². The third-order valence-electron chi connectivity index (χ3n) is 3.13. The highest BCUT2D eigenvalue weighted by molar-refractivity contribution is 9.10. The number of hydrogen-bond donors (Lipinski definition) is 0. The van der Waals surface area contributed by atoms with E-state index < -0.39 is 0 Å². The first kappa shape index (κ1) is 13.4. The molecule has 1 saturated heterocycles. The van der Waals surface area contributed by atoms with Crippen LogP contribution in [0.3, 0.4) is 0 Å². The van der Waals surface area contributed by atoms with Crippen molar-refractivity contribution >= 4 is 44.8 Å². The Morgan fingerprint density at radius 1 is 1.53 bits per heavy atom. The van der Waals surface area contributed by atoms with Crippen molar-refractivity contribution in [2.75, 3.05) is 12.4 Å². The molecule has 94 valence electrons. The lowest BCUT2D eigenvalue weighted by Crippen LogP contribution is -2.40. The molecule has 0 bridgehead atoms. The van der Waals surface area contributed by atoms with E-state index in [1.807, 2.05) is 16.3 Å². The molecule has 5 heteroatoms. The van der Waals surface area contributed by atoms with Gasteiger partial charge in [-0.05, 0) is 40.2 Å². The van der Waals surface area contributed by atoms with Gasteiger partial charge in [0.25, 0.3) is 5.91 Å². The predicted octanol–water partition coefficient (Wildman–Crippen LogP) is 4.13. The molecule has 2 rings (SSSR count). The molecule has 0 radical (unpaired) electrons. The molecular formula is C12H15BrClNOS. The van der Waals surface area contributed by atoms with E-state index in [1.54, 1.807) is 0 Å². The normalized spacial score (nSPS) is 21.3. The Morgan fingerprint density at radius 3 is 3.00 bits per heavy atom. The minimum atomic E-state index is 0.124. The zero-order chi connectivity index (χ0) is 12.3. The van der Waals surface area contributed by atoms with Crippen LogP contribution in [-0.4, -0.2) is 29.3 Å². The van der Waals surface area contributed by atoms with Gasteiger partial charge < -0.3 is 4.90 Å². The van der Waals surface area contributed by atoms with Crippen LogP contribution in [0.4, 0.5) is 0 Å². The van der Waals surface area contributed by atoms with Crippen LogP contribution in [0.15, 0.2) is 15.9 Å². The van der Waals surface area contributed by atoms with E-state index in [0.29, 0.717) is 5.88 Å². The molecule has 1 aromatic heterocycles. The number of thiophene rings is 1. The lowest BCUT2D eigenvalue weighted by Gasteiger charge is -2.28. The zero-order valence-electron chi connectivity index (χ0n) is 9.49. The number of nitrogens with zero attached hydrogens (tertiary/aromatic N) is 1. The summed E-state index contributed by atoms with van der Waals surface area (Å²) in [6, 6.07) is 2.12. The summed E-state index contributed by atoms with van der Waals surface area (Å²) in [6.07, 6.45) is 4.48. The van der Waals surface area contributed by atoms with Crippen molar-refractivity contribution in [3.05, 3.63) is 20.8 Å². The molecule has 2 heterocycles. The topological polar surface area (TPSA) is 20.3 Å². The fourth-order valence-electron chi connectivity index (χ4n) is 2.18. The van der Waals surface area contributed by atoms with Crippen LogP contribution in [0.2, 0.25) is 0 Å². The van der Waals surface area contributed by atoms with Gasteiger partial charge in [0.1, 0.15) is 4.88 Å². The summed E-state index contributed by atoms with van der Waals surface area (Å²) < 4.78 is 0.894. The van der Waals surface area contributed by atoms with Gasteiger partial charge >= 0.3 is 0 Å². The Balaban J connectivity index is 2.18. The molecule has 1 aliphatic rings. The molecule has 0 N–H and O–H groups in total. The summed E-state index contributed by atoms with van der Waals surface area (Å²) in [5.41, 5.74) is 0. The molecule has 1 unspecified atom stereocenters. The Morgan fingerprint density at radius 2 is 2.35 bits per heavy atom. The van der Waals surface area contributed by atoms with E-state index in [2.05, 4.69) is 15.9 Å². The van der Waals surface area contributed by atoms with Crippen LogP contribution in [-0.2, 0) is 0 Å². The van der Waals surface area contributed by atoms with E-state index in [0.717, 1.165) is 28.7 Å². The van der Waals surface area contributed by atoms with Gasteiger partial charge in [0, 0.05) is 22.9 Å². The summed E-state index contributed by atoms with van der Waals surface area (Å²) >= 11 is 10.9. The van der Waals surface area contributed by atoms with Gasteiger partial charge in [-0.15, -0.1) is 22.9 Å². The maximum atomic E-state index is 12.5. The molecule has 1 aromatic rings. The van der Waals surface area contributed by atoms with Gasteiger partial charge in [-0.3, -0.25) is 4.79 Å². The lowest BCUT2D eigenvalue weighted by molar-refractivity contribution is 0.0704. The van der Waals surface area contributed by atoms with Crippen LogP contribution < -0.4 is 0 Å². The fraction of sp³-hybridized carbons (Fsp3) is 0.583. The first-order valence-corrected chi connectivity index (χ1v) is 8.04. The van der Waals surface area contributed by atoms with Crippen molar-refractivity contribution in [2.24, 2.45) is 0 Å². The highest BCUT2D eigenvalue weighted by Crippen LogP contribution is 2.27. The number of alkyl halides is 1. The summed E-state index contributed by atoms with van der Waals surface area (Å²) in [5.74, 6) is 0.661. The van der Waals surface area contributed by atoms with Gasteiger partial charge in [-0.1, -0.05) is 12.8 Å². The SMILES string of the molecule is O=C(c1sccc1Br)N1CCCCCC1CCl. The van der Waals surface area contributed by atoms with Gasteiger partial charge in [-0.2, -0.15) is 0 Å². The molecule has 1 atom stereocenters. The Bertz CT molecular complexity index is 396. The quantitative estimate of drug-likeness (QED) is 0.743. The molecule has 2 nitrogen and oxygen atoms in total. The molecule has 1 aliphatic heterocycles. The Hall–Kier alpha value is -0.0600. The summed E-state index contributed by atoms with van der Waals surface area (Å²) in [4.78, 5) is 15.2. The Labute approximate surface area is 119 Å². The minimum absolute atomic E-state index is 0.124. The smallest absolute Gasteiger partial charge is 0.265 e. The van der Waals surface area contributed by atoms with Gasteiger partial charge in [-0.25, -0.2) is 0 Å². The van der Waals surface area contributed by atoms with Crippen LogP contribution in [0.25, 0.3) is 0 Å². The number of carbonyl (C=O) groups excluding carboxylic acids is 1. The third kappa shape index (κ3) is 3.04. The maximum Gasteiger partial charge on any atom is 0.265 e. The average molecular weight is 337 g/mol. The van der Waals surface area contributed by atoms with Gasteiger partial charge in [0.05, 0.1) is 0 Å². The number of rotatable bonds is 2. The molecule has 0 spiro atoms. The lowest BCUT2D eigenvalue weighted by atomic mass is 10.1. The maximum absolute atomic E-state index is 12.5. The molecule has 1 amide bonds.